The van der Waals surface area contributed by atoms with Crippen molar-refractivity contribution >= 4 is 10.1 Å². The van der Waals surface area contributed by atoms with Gasteiger partial charge in [-0.15, -0.1) is 0 Å². The van der Waals surface area contributed by atoms with Crippen LogP contribution in [0.5, 0.6) is 5.75 Å². The van der Waals surface area contributed by atoms with Crippen LogP contribution in [0.25, 0.3) is 0 Å². The Morgan fingerprint density at radius 3 is 2.31 bits per heavy atom. The third-order valence-corrected chi connectivity index (χ3v) is 2.05. The Morgan fingerprint density at radius 1 is 1.38 bits per heavy atom. The number of benzene rings is 1. The summed E-state index contributed by atoms with van der Waals surface area (Å²) in [5.74, 6) is -1.68. The van der Waals surface area contributed by atoms with E-state index < -0.39 is 26.6 Å². The van der Waals surface area contributed by atoms with Crippen LogP contribution in [0.4, 0.5) is 4.39 Å². The van der Waals surface area contributed by atoms with Gasteiger partial charge in [0.1, 0.15) is 21.7 Å². The van der Waals surface area contributed by atoms with Gasteiger partial charge in [0.2, 0.25) is 0 Å². The van der Waals surface area contributed by atoms with E-state index in [2.05, 4.69) is 0 Å². The minimum atomic E-state index is -4.79. The third kappa shape index (κ3) is 3.24. The maximum atomic E-state index is 12.6. The van der Waals surface area contributed by atoms with Crippen LogP contribution in [0.15, 0.2) is 23.1 Å². The van der Waals surface area contributed by atoms with Gasteiger partial charge in [-0.2, -0.15) is 0 Å². The molecule has 13 heavy (non-hydrogen) atoms. The molecule has 0 spiro atoms. The van der Waals surface area contributed by atoms with Crippen LogP contribution in [0.2, 0.25) is 0 Å². The van der Waals surface area contributed by atoms with Crippen molar-refractivity contribution in [2.45, 2.75) is 4.90 Å². The molecule has 0 unspecified atom stereocenters. The van der Waals surface area contributed by atoms with Gasteiger partial charge in [-0.25, -0.2) is 12.8 Å². The Labute approximate surface area is 96.4 Å². The Morgan fingerprint density at radius 2 is 1.92 bits per heavy atom. The topological polar surface area (TPSA) is 77.4 Å². The molecule has 4 nitrogen and oxygen atoms in total. The normalized spacial score (nSPS) is 10.6. The van der Waals surface area contributed by atoms with Crippen molar-refractivity contribution in [1.82, 2.24) is 0 Å². The Bertz CT molecular complexity index is 403. The molecular formula is C6H4FNaO4S. The van der Waals surface area contributed by atoms with Crippen molar-refractivity contribution in [1.29, 1.82) is 0 Å². The molecule has 1 aromatic carbocycles. The minimum Gasteiger partial charge on any atom is -0.744 e. The van der Waals surface area contributed by atoms with Gasteiger partial charge in [0.05, 0.1) is 4.90 Å². The molecule has 0 aromatic heterocycles. The number of aromatic hydroxyl groups is 1. The van der Waals surface area contributed by atoms with Gasteiger partial charge in [0.15, 0.2) is 0 Å². The average Bonchev–Trinajstić information content (AvgIpc) is 1.83. The van der Waals surface area contributed by atoms with Crippen molar-refractivity contribution < 1.29 is 52.0 Å². The van der Waals surface area contributed by atoms with Gasteiger partial charge in [0, 0.05) is 6.07 Å². The van der Waals surface area contributed by atoms with E-state index >= 15 is 0 Å². The van der Waals surface area contributed by atoms with Gasteiger partial charge in [-0.1, -0.05) is 0 Å². The number of rotatable bonds is 1. The maximum Gasteiger partial charge on any atom is 1.00 e. The zero-order valence-corrected chi connectivity index (χ0v) is 9.51. The largest absolute Gasteiger partial charge is 1.00 e. The first-order valence-electron chi connectivity index (χ1n) is 2.85. The summed E-state index contributed by atoms with van der Waals surface area (Å²) in [6.45, 7) is 0. The van der Waals surface area contributed by atoms with E-state index in [1.807, 2.05) is 0 Å². The van der Waals surface area contributed by atoms with Crippen LogP contribution in [-0.4, -0.2) is 18.1 Å². The second-order valence-corrected chi connectivity index (χ2v) is 3.42. The number of hydrogen-bond acceptors (Lipinski definition) is 4. The van der Waals surface area contributed by atoms with Crippen LogP contribution in [0, 0.1) is 5.82 Å². The van der Waals surface area contributed by atoms with E-state index in [0.29, 0.717) is 12.1 Å². The molecule has 66 valence electrons. The third-order valence-electron chi connectivity index (χ3n) is 1.18. The average molecular weight is 214 g/mol. The van der Waals surface area contributed by atoms with E-state index in [-0.39, 0.29) is 29.6 Å². The zero-order chi connectivity index (χ0) is 9.35. The summed E-state index contributed by atoms with van der Waals surface area (Å²) in [6, 6.07) is 2.20. The zero-order valence-electron chi connectivity index (χ0n) is 6.69. The van der Waals surface area contributed by atoms with E-state index in [1.165, 1.54) is 0 Å². The molecule has 1 N–H and O–H groups in total. The maximum absolute atomic E-state index is 12.6. The Kier molecular flexibility index (Phi) is 4.34. The van der Waals surface area contributed by atoms with Gasteiger partial charge < -0.3 is 9.66 Å². The molecule has 1 rings (SSSR count). The number of halogens is 1. The van der Waals surface area contributed by atoms with Crippen LogP contribution in [-0.2, 0) is 10.1 Å². The van der Waals surface area contributed by atoms with E-state index in [1.54, 1.807) is 0 Å². The van der Waals surface area contributed by atoms with Crippen molar-refractivity contribution in [2.75, 3.05) is 0 Å². The summed E-state index contributed by atoms with van der Waals surface area (Å²) in [5, 5.41) is 8.67. The smallest absolute Gasteiger partial charge is 0.744 e. The van der Waals surface area contributed by atoms with Crippen LogP contribution in [0.3, 0.4) is 0 Å². The number of hydrogen-bond donors (Lipinski definition) is 1. The molecule has 0 heterocycles. The predicted octanol–water partition coefficient (Wildman–Crippen LogP) is -2.56. The molecule has 0 aliphatic rings. The first kappa shape index (κ1) is 12.9. The summed E-state index contributed by atoms with van der Waals surface area (Å²) in [5.41, 5.74) is 0. The molecule has 0 saturated carbocycles. The summed E-state index contributed by atoms with van der Waals surface area (Å²) >= 11 is 0. The number of phenols is 1. The second kappa shape index (κ2) is 4.39. The van der Waals surface area contributed by atoms with Crippen LogP contribution >= 0.6 is 0 Å². The van der Waals surface area contributed by atoms with Gasteiger partial charge >= 0.3 is 29.6 Å². The predicted molar refractivity (Wildman–Crippen MR) is 36.0 cm³/mol. The van der Waals surface area contributed by atoms with Gasteiger partial charge in [-0.3, -0.25) is 0 Å². The fourth-order valence-electron chi connectivity index (χ4n) is 0.693. The first-order valence-corrected chi connectivity index (χ1v) is 4.26. The summed E-state index contributed by atoms with van der Waals surface area (Å²) in [6.07, 6.45) is 0. The molecule has 0 atom stereocenters. The monoisotopic (exact) mass is 214 g/mol. The Hall–Kier alpha value is -0.140. The summed E-state index contributed by atoms with van der Waals surface area (Å²) in [7, 11) is -4.79. The van der Waals surface area contributed by atoms with Gasteiger partial charge in [0.25, 0.3) is 0 Å². The molecule has 7 heteroatoms. The van der Waals surface area contributed by atoms with Crippen LogP contribution < -0.4 is 29.6 Å². The fraction of sp³-hybridized carbons (Fsp3) is 0. The van der Waals surface area contributed by atoms with E-state index in [4.69, 9.17) is 5.11 Å². The molecule has 0 amide bonds. The standard InChI is InChI=1S/C6H5FO4S.Na/c7-5-3-4(8)1-2-6(5)12(9,10)11;/h1-3,8H,(H,9,10,11);/q;+1/p-1. The van der Waals surface area contributed by atoms with E-state index in [0.717, 1.165) is 6.07 Å². The number of phenolic OH excluding ortho intramolecular Hbond substituents is 1. The van der Waals surface area contributed by atoms with E-state index in [9.17, 15) is 17.4 Å². The fourth-order valence-corrected chi connectivity index (χ4v) is 1.22. The molecule has 0 aliphatic carbocycles. The molecule has 1 aromatic rings. The van der Waals surface area contributed by atoms with Crippen molar-refractivity contribution in [3.63, 3.8) is 0 Å². The van der Waals surface area contributed by atoms with Crippen LogP contribution in [0.1, 0.15) is 0 Å². The summed E-state index contributed by atoms with van der Waals surface area (Å²) < 4.78 is 43.5. The van der Waals surface area contributed by atoms with Crippen molar-refractivity contribution in [2.24, 2.45) is 0 Å². The molecule has 0 bridgehead atoms. The molecule has 0 saturated heterocycles. The SMILES string of the molecule is O=S(=O)([O-])c1ccc(O)cc1F.[Na+]. The quantitative estimate of drug-likeness (QED) is 0.412. The Balaban J connectivity index is 0.00000144. The minimum absolute atomic E-state index is 0. The summed E-state index contributed by atoms with van der Waals surface area (Å²) in [4.78, 5) is -0.958. The molecule has 0 aliphatic heterocycles. The van der Waals surface area contributed by atoms with Gasteiger partial charge in [-0.05, 0) is 12.1 Å². The second-order valence-electron chi connectivity index (χ2n) is 2.07. The first-order chi connectivity index (χ1) is 5.41. The molecule has 0 fully saturated rings. The van der Waals surface area contributed by atoms with Crippen molar-refractivity contribution in [3.05, 3.63) is 24.0 Å². The molecule has 0 radical (unpaired) electrons. The van der Waals surface area contributed by atoms with Crippen molar-refractivity contribution in [3.8, 4) is 5.75 Å². The molecular weight excluding hydrogens is 210 g/mol.